The van der Waals surface area contributed by atoms with Gasteiger partial charge in [0, 0.05) is 13.1 Å². The lowest BCUT2D eigenvalue weighted by Crippen LogP contribution is -2.48. The van der Waals surface area contributed by atoms with Crippen LogP contribution in [-0.2, 0) is 4.74 Å². The number of nitrogens with zero attached hydrogens (tertiary/aromatic N) is 1. The van der Waals surface area contributed by atoms with Gasteiger partial charge in [0.05, 0.1) is 17.8 Å². The van der Waals surface area contributed by atoms with Crippen molar-refractivity contribution in [3.63, 3.8) is 0 Å². The van der Waals surface area contributed by atoms with Gasteiger partial charge in [0.2, 0.25) is 0 Å². The van der Waals surface area contributed by atoms with Gasteiger partial charge in [-0.2, -0.15) is 0 Å². The summed E-state index contributed by atoms with van der Waals surface area (Å²) in [4.78, 5) is 14.4. The molecular formula is C17H19NO3. The largest absolute Gasteiger partial charge is 0.507 e. The van der Waals surface area contributed by atoms with Crippen LogP contribution in [0.15, 0.2) is 36.4 Å². The van der Waals surface area contributed by atoms with Gasteiger partial charge in [-0.05, 0) is 36.8 Å². The van der Waals surface area contributed by atoms with Crippen molar-refractivity contribution in [2.75, 3.05) is 13.1 Å². The molecule has 1 fully saturated rings. The van der Waals surface area contributed by atoms with Gasteiger partial charge in [-0.1, -0.05) is 24.3 Å². The highest BCUT2D eigenvalue weighted by Crippen LogP contribution is 2.27. The van der Waals surface area contributed by atoms with Crippen molar-refractivity contribution >= 4 is 16.7 Å². The predicted molar refractivity (Wildman–Crippen MR) is 81.5 cm³/mol. The fourth-order valence-corrected chi connectivity index (χ4v) is 2.91. The zero-order chi connectivity index (χ0) is 15.0. The number of amides is 1. The molecule has 1 N–H and O–H groups in total. The van der Waals surface area contributed by atoms with E-state index in [-0.39, 0.29) is 23.9 Å². The van der Waals surface area contributed by atoms with Crippen molar-refractivity contribution in [2.24, 2.45) is 0 Å². The number of morpholine rings is 1. The predicted octanol–water partition coefficient (Wildman–Crippen LogP) is 2.79. The van der Waals surface area contributed by atoms with Gasteiger partial charge in [-0.3, -0.25) is 4.79 Å². The Morgan fingerprint density at radius 2 is 1.71 bits per heavy atom. The first-order chi connectivity index (χ1) is 10.0. The van der Waals surface area contributed by atoms with E-state index in [4.69, 9.17) is 4.74 Å². The minimum absolute atomic E-state index is 0.0142. The molecule has 0 radical (unpaired) electrons. The molecule has 0 unspecified atom stereocenters. The van der Waals surface area contributed by atoms with E-state index in [0.717, 1.165) is 10.8 Å². The third kappa shape index (κ3) is 2.72. The maximum absolute atomic E-state index is 12.7. The summed E-state index contributed by atoms with van der Waals surface area (Å²) in [6, 6.07) is 11.1. The number of aromatic hydroxyl groups is 1. The first-order valence-electron chi connectivity index (χ1n) is 7.21. The van der Waals surface area contributed by atoms with E-state index in [0.29, 0.717) is 18.7 Å². The van der Waals surface area contributed by atoms with Crippen LogP contribution in [0.2, 0.25) is 0 Å². The van der Waals surface area contributed by atoms with Gasteiger partial charge in [0.15, 0.2) is 0 Å². The molecule has 1 aliphatic rings. The summed E-state index contributed by atoms with van der Waals surface area (Å²) in [7, 11) is 0. The first kappa shape index (κ1) is 13.9. The second-order valence-corrected chi connectivity index (χ2v) is 5.68. The van der Waals surface area contributed by atoms with Gasteiger partial charge in [-0.15, -0.1) is 0 Å². The van der Waals surface area contributed by atoms with Crippen molar-refractivity contribution in [1.82, 2.24) is 4.90 Å². The fourth-order valence-electron chi connectivity index (χ4n) is 2.91. The fraction of sp³-hybridized carbons (Fsp3) is 0.353. The molecule has 21 heavy (non-hydrogen) atoms. The standard InChI is InChI=1S/C17H19NO3/c1-11-9-18(10-12(2)21-11)17(20)15-7-13-5-3-4-6-14(13)8-16(15)19/h3-8,11-12,19H,9-10H2,1-2H3/t11-,12-/m0/s1. The lowest BCUT2D eigenvalue weighted by Gasteiger charge is -2.35. The third-order valence-corrected chi connectivity index (χ3v) is 3.80. The van der Waals surface area contributed by atoms with Crippen LogP contribution in [0.3, 0.4) is 0 Å². The first-order valence-corrected chi connectivity index (χ1v) is 7.21. The summed E-state index contributed by atoms with van der Waals surface area (Å²) >= 11 is 0. The van der Waals surface area contributed by atoms with Crippen LogP contribution in [0.1, 0.15) is 24.2 Å². The van der Waals surface area contributed by atoms with Crippen LogP contribution in [0, 0.1) is 0 Å². The minimum atomic E-state index is -0.139. The lowest BCUT2D eigenvalue weighted by molar-refractivity contribution is -0.0586. The lowest BCUT2D eigenvalue weighted by atomic mass is 10.0. The number of hydrogen-bond acceptors (Lipinski definition) is 3. The molecule has 0 saturated carbocycles. The molecule has 1 aliphatic heterocycles. The molecule has 1 heterocycles. The van der Waals surface area contributed by atoms with E-state index in [2.05, 4.69) is 0 Å². The third-order valence-electron chi connectivity index (χ3n) is 3.80. The quantitative estimate of drug-likeness (QED) is 0.876. The van der Waals surface area contributed by atoms with E-state index in [1.807, 2.05) is 38.1 Å². The SMILES string of the molecule is C[C@H]1CN(C(=O)c2cc3ccccc3cc2O)C[C@H](C)O1. The van der Waals surface area contributed by atoms with E-state index in [9.17, 15) is 9.90 Å². The van der Waals surface area contributed by atoms with Crippen LogP contribution in [-0.4, -0.2) is 41.2 Å². The smallest absolute Gasteiger partial charge is 0.257 e. The maximum Gasteiger partial charge on any atom is 0.257 e. The molecule has 4 nitrogen and oxygen atoms in total. The number of benzene rings is 2. The summed E-state index contributed by atoms with van der Waals surface area (Å²) in [5, 5.41) is 12.0. The number of phenols is 1. The molecule has 2 atom stereocenters. The van der Waals surface area contributed by atoms with E-state index >= 15 is 0 Å². The van der Waals surface area contributed by atoms with Crippen molar-refractivity contribution in [2.45, 2.75) is 26.1 Å². The summed E-state index contributed by atoms with van der Waals surface area (Å²) in [5.41, 5.74) is 0.356. The molecule has 0 bridgehead atoms. The van der Waals surface area contributed by atoms with Gasteiger partial charge >= 0.3 is 0 Å². The monoisotopic (exact) mass is 285 g/mol. The summed E-state index contributed by atoms with van der Waals surface area (Å²) in [5.74, 6) is -0.106. The van der Waals surface area contributed by atoms with Crippen LogP contribution in [0.5, 0.6) is 5.75 Å². The minimum Gasteiger partial charge on any atom is -0.507 e. The second kappa shape index (κ2) is 5.37. The Kier molecular flexibility index (Phi) is 3.55. The van der Waals surface area contributed by atoms with Crippen molar-refractivity contribution < 1.29 is 14.6 Å². The van der Waals surface area contributed by atoms with Crippen LogP contribution in [0.25, 0.3) is 10.8 Å². The van der Waals surface area contributed by atoms with Gasteiger partial charge < -0.3 is 14.7 Å². The van der Waals surface area contributed by atoms with Crippen LogP contribution in [0.4, 0.5) is 0 Å². The normalized spacial score (nSPS) is 22.5. The Hall–Kier alpha value is -2.07. The van der Waals surface area contributed by atoms with Crippen molar-refractivity contribution in [3.8, 4) is 5.75 Å². The Bertz CT molecular complexity index is 673. The highest BCUT2D eigenvalue weighted by atomic mass is 16.5. The molecule has 3 rings (SSSR count). The zero-order valence-corrected chi connectivity index (χ0v) is 12.2. The molecule has 0 aliphatic carbocycles. The Morgan fingerprint density at radius 3 is 2.33 bits per heavy atom. The molecule has 1 amide bonds. The molecule has 0 spiro atoms. The van der Waals surface area contributed by atoms with E-state index in [1.165, 1.54) is 0 Å². The summed E-state index contributed by atoms with van der Waals surface area (Å²) in [6.07, 6.45) is 0.0283. The molecule has 110 valence electrons. The average molecular weight is 285 g/mol. The highest BCUT2D eigenvalue weighted by Gasteiger charge is 2.28. The topological polar surface area (TPSA) is 49.8 Å². The van der Waals surface area contributed by atoms with E-state index in [1.54, 1.807) is 17.0 Å². The Morgan fingerprint density at radius 1 is 1.14 bits per heavy atom. The Labute approximate surface area is 123 Å². The number of ether oxygens (including phenoxy) is 1. The van der Waals surface area contributed by atoms with Crippen LogP contribution >= 0.6 is 0 Å². The number of hydrogen-bond donors (Lipinski definition) is 1. The second-order valence-electron chi connectivity index (χ2n) is 5.68. The van der Waals surface area contributed by atoms with Gasteiger partial charge in [-0.25, -0.2) is 0 Å². The van der Waals surface area contributed by atoms with Crippen LogP contribution < -0.4 is 0 Å². The number of phenolic OH excluding ortho intramolecular Hbond substituents is 1. The maximum atomic E-state index is 12.7. The van der Waals surface area contributed by atoms with Crippen molar-refractivity contribution in [3.05, 3.63) is 42.0 Å². The number of carbonyl (C=O) groups is 1. The van der Waals surface area contributed by atoms with Gasteiger partial charge in [0.25, 0.3) is 5.91 Å². The zero-order valence-electron chi connectivity index (χ0n) is 12.2. The number of fused-ring (bicyclic) bond motifs is 1. The molecule has 1 saturated heterocycles. The average Bonchev–Trinajstić information content (AvgIpc) is 2.44. The molecule has 2 aromatic carbocycles. The number of carbonyl (C=O) groups excluding carboxylic acids is 1. The van der Waals surface area contributed by atoms with E-state index < -0.39 is 0 Å². The Balaban J connectivity index is 1.95. The molecular weight excluding hydrogens is 266 g/mol. The van der Waals surface area contributed by atoms with Crippen molar-refractivity contribution in [1.29, 1.82) is 0 Å². The summed E-state index contributed by atoms with van der Waals surface area (Å²) in [6.45, 7) is 5.01. The highest BCUT2D eigenvalue weighted by molar-refractivity contribution is 6.01. The molecule has 2 aromatic rings. The van der Waals surface area contributed by atoms with Gasteiger partial charge in [0.1, 0.15) is 5.75 Å². The number of rotatable bonds is 1. The molecule has 4 heteroatoms. The molecule has 0 aromatic heterocycles. The summed E-state index contributed by atoms with van der Waals surface area (Å²) < 4.78 is 5.65.